The van der Waals surface area contributed by atoms with E-state index >= 15 is 0 Å². The van der Waals surface area contributed by atoms with Gasteiger partial charge < -0.3 is 35.6 Å². The zero-order valence-corrected chi connectivity index (χ0v) is 20.5. The Balaban J connectivity index is 1.73. The Morgan fingerprint density at radius 2 is 2.06 bits per heavy atom. The van der Waals surface area contributed by atoms with Crippen LogP contribution in [-0.2, 0) is 16.1 Å². The minimum Gasteiger partial charge on any atom is -0.497 e. The molecule has 12 heteroatoms. The van der Waals surface area contributed by atoms with Crippen molar-refractivity contribution in [2.24, 2.45) is 5.73 Å². The molecule has 0 saturated carbocycles. The van der Waals surface area contributed by atoms with Crippen molar-refractivity contribution in [1.29, 1.82) is 0 Å². The SMILES string of the molecule is COc1ccc(C(C(=O)NCC2CCCO2)N(Cc2ccco2)C(=O)c2snc(C(N)=O)c2N)cc1. The van der Waals surface area contributed by atoms with E-state index in [2.05, 4.69) is 9.69 Å². The van der Waals surface area contributed by atoms with Crippen molar-refractivity contribution in [3.05, 3.63) is 64.6 Å². The lowest BCUT2D eigenvalue weighted by molar-refractivity contribution is -0.126. The van der Waals surface area contributed by atoms with Crippen molar-refractivity contribution < 1.29 is 28.3 Å². The van der Waals surface area contributed by atoms with E-state index < -0.39 is 23.8 Å². The maximum atomic E-state index is 13.8. The number of nitrogens with zero attached hydrogens (tertiary/aromatic N) is 2. The van der Waals surface area contributed by atoms with E-state index in [4.69, 9.17) is 25.4 Å². The summed E-state index contributed by atoms with van der Waals surface area (Å²) in [5.74, 6) is -0.803. The average Bonchev–Trinajstić information content (AvgIpc) is 3.65. The lowest BCUT2D eigenvalue weighted by Gasteiger charge is -2.31. The number of aromatic nitrogens is 1. The molecule has 5 N–H and O–H groups in total. The van der Waals surface area contributed by atoms with Gasteiger partial charge in [0.05, 0.1) is 31.7 Å². The number of hydrogen-bond donors (Lipinski definition) is 3. The van der Waals surface area contributed by atoms with Gasteiger partial charge in [0.15, 0.2) is 5.69 Å². The van der Waals surface area contributed by atoms with Gasteiger partial charge in [0.25, 0.3) is 11.8 Å². The van der Waals surface area contributed by atoms with Crippen LogP contribution in [-0.4, -0.2) is 53.4 Å². The van der Waals surface area contributed by atoms with E-state index in [0.29, 0.717) is 30.2 Å². The molecule has 2 unspecified atom stereocenters. The van der Waals surface area contributed by atoms with E-state index in [1.165, 1.54) is 18.3 Å². The number of amides is 3. The maximum Gasteiger partial charge on any atom is 0.270 e. The molecule has 0 radical (unpaired) electrons. The largest absolute Gasteiger partial charge is 0.497 e. The topological polar surface area (TPSA) is 163 Å². The number of benzene rings is 1. The number of carbonyl (C=O) groups excluding carboxylic acids is 3. The van der Waals surface area contributed by atoms with E-state index in [1.807, 2.05) is 0 Å². The van der Waals surface area contributed by atoms with Gasteiger partial charge in [0, 0.05) is 13.2 Å². The molecule has 2 atom stereocenters. The van der Waals surface area contributed by atoms with Crippen LogP contribution in [0, 0.1) is 0 Å². The summed E-state index contributed by atoms with van der Waals surface area (Å²) < 4.78 is 20.3. The summed E-state index contributed by atoms with van der Waals surface area (Å²) in [6.07, 6.45) is 3.16. The lowest BCUT2D eigenvalue weighted by Crippen LogP contribution is -2.45. The van der Waals surface area contributed by atoms with Gasteiger partial charge in [-0.1, -0.05) is 12.1 Å². The van der Waals surface area contributed by atoms with E-state index in [0.717, 1.165) is 24.4 Å². The van der Waals surface area contributed by atoms with Gasteiger partial charge >= 0.3 is 0 Å². The highest BCUT2D eigenvalue weighted by molar-refractivity contribution is 7.09. The fraction of sp³-hybridized carbons (Fsp3) is 0.333. The number of carbonyl (C=O) groups is 3. The maximum absolute atomic E-state index is 13.8. The highest BCUT2D eigenvalue weighted by Crippen LogP contribution is 2.31. The van der Waals surface area contributed by atoms with Gasteiger partial charge in [-0.2, -0.15) is 4.37 Å². The number of nitrogen functional groups attached to an aromatic ring is 1. The predicted molar refractivity (Wildman–Crippen MR) is 131 cm³/mol. The van der Waals surface area contributed by atoms with Gasteiger partial charge in [0.2, 0.25) is 5.91 Å². The first-order chi connectivity index (χ1) is 17.4. The molecule has 0 bridgehead atoms. The van der Waals surface area contributed by atoms with Crippen molar-refractivity contribution >= 4 is 34.9 Å². The Kier molecular flexibility index (Phi) is 7.86. The Morgan fingerprint density at radius 1 is 1.28 bits per heavy atom. The second-order valence-electron chi connectivity index (χ2n) is 8.21. The normalized spacial score (nSPS) is 15.9. The summed E-state index contributed by atoms with van der Waals surface area (Å²) >= 11 is 0.748. The van der Waals surface area contributed by atoms with Crippen molar-refractivity contribution in [2.75, 3.05) is 26.0 Å². The summed E-state index contributed by atoms with van der Waals surface area (Å²) in [6.45, 7) is 0.917. The molecule has 2 aromatic heterocycles. The number of primary amides is 1. The zero-order chi connectivity index (χ0) is 25.7. The Bertz CT molecular complexity index is 1200. The van der Waals surface area contributed by atoms with Gasteiger partial charge in [-0.05, 0) is 54.2 Å². The first-order valence-electron chi connectivity index (χ1n) is 11.3. The van der Waals surface area contributed by atoms with Gasteiger partial charge in [0.1, 0.15) is 22.4 Å². The van der Waals surface area contributed by atoms with Gasteiger partial charge in [-0.25, -0.2) is 0 Å². The first-order valence-corrected chi connectivity index (χ1v) is 12.1. The van der Waals surface area contributed by atoms with Crippen LogP contribution in [0.5, 0.6) is 5.75 Å². The van der Waals surface area contributed by atoms with Crippen molar-refractivity contribution in [3.63, 3.8) is 0 Å². The third-order valence-corrected chi connectivity index (χ3v) is 6.69. The molecule has 3 amide bonds. The molecule has 1 fully saturated rings. The summed E-state index contributed by atoms with van der Waals surface area (Å²) in [4.78, 5) is 40.5. The fourth-order valence-electron chi connectivity index (χ4n) is 3.99. The van der Waals surface area contributed by atoms with Crippen molar-refractivity contribution in [2.45, 2.75) is 31.5 Å². The van der Waals surface area contributed by atoms with Crippen molar-refractivity contribution in [3.8, 4) is 5.75 Å². The molecule has 3 aromatic rings. The molecule has 1 aliphatic heterocycles. The summed E-state index contributed by atoms with van der Waals surface area (Å²) in [6, 6.07) is 9.15. The number of anilines is 1. The fourth-order valence-corrected chi connectivity index (χ4v) is 4.75. The molecule has 1 saturated heterocycles. The number of nitrogens with two attached hydrogens (primary N) is 2. The second kappa shape index (κ2) is 11.2. The molecular formula is C24H27N5O6S. The van der Waals surface area contributed by atoms with Crippen LogP contribution < -0.4 is 21.5 Å². The quantitative estimate of drug-likeness (QED) is 0.371. The van der Waals surface area contributed by atoms with E-state index in [1.54, 1.807) is 36.4 Å². The molecule has 190 valence electrons. The van der Waals surface area contributed by atoms with Gasteiger partial charge in [-0.15, -0.1) is 0 Å². The molecule has 1 aromatic carbocycles. The molecule has 36 heavy (non-hydrogen) atoms. The number of rotatable bonds is 10. The van der Waals surface area contributed by atoms with Crippen LogP contribution in [0.3, 0.4) is 0 Å². The highest BCUT2D eigenvalue weighted by Gasteiger charge is 2.36. The third-order valence-electron chi connectivity index (χ3n) is 5.84. The number of furan rings is 1. The summed E-state index contributed by atoms with van der Waals surface area (Å²) in [5, 5.41) is 2.92. The number of ether oxygens (including phenoxy) is 2. The second-order valence-corrected chi connectivity index (χ2v) is 8.98. The highest BCUT2D eigenvalue weighted by atomic mass is 32.1. The lowest BCUT2D eigenvalue weighted by atomic mass is 10.0. The minimum atomic E-state index is -1.06. The minimum absolute atomic E-state index is 0.000735. The van der Waals surface area contributed by atoms with Crippen LogP contribution >= 0.6 is 11.5 Å². The molecule has 4 rings (SSSR count). The van der Waals surface area contributed by atoms with Crippen LogP contribution in [0.15, 0.2) is 47.1 Å². The Morgan fingerprint density at radius 3 is 2.64 bits per heavy atom. The van der Waals surface area contributed by atoms with E-state index in [-0.39, 0.29) is 28.9 Å². The monoisotopic (exact) mass is 513 g/mol. The summed E-state index contributed by atoms with van der Waals surface area (Å²) in [5.41, 5.74) is 11.6. The molecule has 3 heterocycles. The number of hydrogen-bond acceptors (Lipinski definition) is 9. The third kappa shape index (κ3) is 5.50. The Hall–Kier alpha value is -3.90. The smallest absolute Gasteiger partial charge is 0.270 e. The molecule has 11 nitrogen and oxygen atoms in total. The van der Waals surface area contributed by atoms with Crippen LogP contribution in [0.2, 0.25) is 0 Å². The summed E-state index contributed by atoms with van der Waals surface area (Å²) in [7, 11) is 1.54. The number of methoxy groups -OCH3 is 1. The molecular weight excluding hydrogens is 486 g/mol. The van der Waals surface area contributed by atoms with Crippen LogP contribution in [0.1, 0.15) is 50.4 Å². The van der Waals surface area contributed by atoms with Crippen LogP contribution in [0.4, 0.5) is 5.69 Å². The molecule has 0 spiro atoms. The standard InChI is InChI=1S/C24H27N5O6S/c1-33-15-8-6-14(7-9-15)20(23(31)27-12-16-4-2-10-34-16)29(13-17-5-3-11-35-17)24(32)21-18(25)19(22(26)30)28-36-21/h3,5-9,11,16,20H,2,4,10,12-13,25H2,1H3,(H2,26,30)(H,27,31). The van der Waals surface area contributed by atoms with Gasteiger partial charge in [-0.3, -0.25) is 14.4 Å². The number of nitrogens with one attached hydrogen (secondary N) is 1. The average molecular weight is 514 g/mol. The first kappa shape index (κ1) is 25.2. The molecule has 1 aliphatic rings. The van der Waals surface area contributed by atoms with Crippen LogP contribution in [0.25, 0.3) is 0 Å². The van der Waals surface area contributed by atoms with Crippen molar-refractivity contribution in [1.82, 2.24) is 14.6 Å². The molecule has 0 aliphatic carbocycles. The zero-order valence-electron chi connectivity index (χ0n) is 19.6. The predicted octanol–water partition coefficient (Wildman–Crippen LogP) is 2.10. The Labute approximate surface area is 211 Å². The van der Waals surface area contributed by atoms with E-state index in [9.17, 15) is 14.4 Å².